The fourth-order valence-electron chi connectivity index (χ4n) is 2.37. The van der Waals surface area contributed by atoms with Gasteiger partial charge >= 0.3 is 0 Å². The van der Waals surface area contributed by atoms with Gasteiger partial charge in [0.25, 0.3) is 0 Å². The minimum atomic E-state index is -0.0702. The van der Waals surface area contributed by atoms with E-state index in [0.29, 0.717) is 11.2 Å². The van der Waals surface area contributed by atoms with Gasteiger partial charge in [-0.3, -0.25) is 9.69 Å². The molecule has 0 radical (unpaired) electrons. The van der Waals surface area contributed by atoms with E-state index in [0.717, 1.165) is 18.8 Å². The van der Waals surface area contributed by atoms with Crippen LogP contribution in [0.3, 0.4) is 0 Å². The van der Waals surface area contributed by atoms with Gasteiger partial charge in [-0.25, -0.2) is 4.98 Å². The third-order valence-corrected chi connectivity index (χ3v) is 4.30. The summed E-state index contributed by atoms with van der Waals surface area (Å²) < 4.78 is 0. The molecule has 0 atom stereocenters. The zero-order chi connectivity index (χ0) is 14.7. The van der Waals surface area contributed by atoms with Crippen LogP contribution in [0, 0.1) is 0 Å². The number of carbonyl (C=O) groups excluding carboxylic acids is 1. The first-order valence-electron chi connectivity index (χ1n) is 7.20. The maximum atomic E-state index is 11.0. The molecule has 2 aromatic rings. The second-order valence-corrected chi connectivity index (χ2v) is 6.31. The molecule has 1 N–H and O–H groups in total. The molecule has 0 spiro atoms. The van der Waals surface area contributed by atoms with E-state index in [9.17, 15) is 4.79 Å². The van der Waals surface area contributed by atoms with Gasteiger partial charge in [0.15, 0.2) is 5.13 Å². The molecule has 1 aliphatic rings. The summed E-state index contributed by atoms with van der Waals surface area (Å²) in [7, 11) is 0. The molecule has 110 valence electrons. The van der Waals surface area contributed by atoms with Gasteiger partial charge in [0.2, 0.25) is 5.91 Å². The molecule has 1 aliphatic carbocycles. The van der Waals surface area contributed by atoms with Crippen molar-refractivity contribution in [3.05, 3.63) is 47.0 Å². The van der Waals surface area contributed by atoms with Crippen molar-refractivity contribution >= 4 is 22.4 Å². The Morgan fingerprint density at radius 1 is 1.33 bits per heavy atom. The van der Waals surface area contributed by atoms with Crippen LogP contribution in [0.5, 0.6) is 0 Å². The van der Waals surface area contributed by atoms with E-state index >= 15 is 0 Å². The normalized spacial score (nSPS) is 14.4. The largest absolute Gasteiger partial charge is 0.302 e. The van der Waals surface area contributed by atoms with Crippen LogP contribution in [0.1, 0.15) is 31.0 Å². The lowest BCUT2D eigenvalue weighted by atomic mass is 10.2. The van der Waals surface area contributed by atoms with E-state index in [1.54, 1.807) is 0 Å². The van der Waals surface area contributed by atoms with Gasteiger partial charge in [-0.05, 0) is 18.4 Å². The van der Waals surface area contributed by atoms with E-state index in [-0.39, 0.29) is 5.91 Å². The molecule has 1 fully saturated rings. The molecule has 1 aromatic carbocycles. The Labute approximate surface area is 128 Å². The number of nitrogens with one attached hydrogen (secondary N) is 1. The second-order valence-electron chi connectivity index (χ2n) is 5.45. The molecule has 0 unspecified atom stereocenters. The van der Waals surface area contributed by atoms with Gasteiger partial charge in [-0.1, -0.05) is 30.3 Å². The van der Waals surface area contributed by atoms with Crippen LogP contribution < -0.4 is 5.32 Å². The first kappa shape index (κ1) is 14.2. The molecular formula is C16H19N3OS. The van der Waals surface area contributed by atoms with E-state index in [1.165, 1.54) is 36.7 Å². The van der Waals surface area contributed by atoms with Crippen LogP contribution in [-0.4, -0.2) is 21.8 Å². The Bertz CT molecular complexity index is 607. The molecule has 0 saturated heterocycles. The van der Waals surface area contributed by atoms with Gasteiger partial charge in [0.05, 0.1) is 5.69 Å². The van der Waals surface area contributed by atoms with Crippen molar-refractivity contribution in [2.24, 2.45) is 0 Å². The van der Waals surface area contributed by atoms with Crippen LogP contribution in [0.4, 0.5) is 5.13 Å². The van der Waals surface area contributed by atoms with Gasteiger partial charge < -0.3 is 5.32 Å². The van der Waals surface area contributed by atoms with Crippen LogP contribution in [0.25, 0.3) is 0 Å². The smallest absolute Gasteiger partial charge is 0.223 e. The van der Waals surface area contributed by atoms with Crippen molar-refractivity contribution in [2.45, 2.75) is 38.9 Å². The monoisotopic (exact) mass is 301 g/mol. The van der Waals surface area contributed by atoms with Crippen molar-refractivity contribution in [1.82, 2.24) is 9.88 Å². The molecular weight excluding hydrogens is 282 g/mol. The van der Waals surface area contributed by atoms with E-state index in [1.807, 2.05) is 11.4 Å². The average Bonchev–Trinajstić information content (AvgIpc) is 3.22. The molecule has 0 aliphatic heterocycles. The van der Waals surface area contributed by atoms with Crippen molar-refractivity contribution in [3.63, 3.8) is 0 Å². The highest BCUT2D eigenvalue weighted by molar-refractivity contribution is 7.13. The van der Waals surface area contributed by atoms with Crippen molar-refractivity contribution < 1.29 is 4.79 Å². The standard InChI is InChI=1S/C16H19N3OS/c1-12(20)17-16-18-14(11-21-16)10-19(15-7-8-15)9-13-5-3-2-4-6-13/h2-6,11,15H,7-10H2,1H3,(H,17,18,20). The Kier molecular flexibility index (Phi) is 4.31. The molecule has 5 heteroatoms. The highest BCUT2D eigenvalue weighted by atomic mass is 32.1. The number of aromatic nitrogens is 1. The summed E-state index contributed by atoms with van der Waals surface area (Å²) in [6.45, 7) is 3.31. The van der Waals surface area contributed by atoms with Crippen LogP contribution in [-0.2, 0) is 17.9 Å². The first-order valence-corrected chi connectivity index (χ1v) is 8.08. The Hall–Kier alpha value is -1.72. The van der Waals surface area contributed by atoms with E-state index in [4.69, 9.17) is 0 Å². The SMILES string of the molecule is CC(=O)Nc1nc(CN(Cc2ccccc2)C2CC2)cs1. The molecule has 0 bridgehead atoms. The molecule has 1 saturated carbocycles. The number of thiazole rings is 1. The summed E-state index contributed by atoms with van der Waals surface area (Å²) in [6.07, 6.45) is 2.55. The molecule has 21 heavy (non-hydrogen) atoms. The zero-order valence-electron chi connectivity index (χ0n) is 12.1. The highest BCUT2D eigenvalue weighted by Crippen LogP contribution is 2.30. The number of amides is 1. The minimum absolute atomic E-state index is 0.0702. The van der Waals surface area contributed by atoms with Crippen molar-refractivity contribution in [3.8, 4) is 0 Å². The Morgan fingerprint density at radius 3 is 2.76 bits per heavy atom. The van der Waals surface area contributed by atoms with Gasteiger partial charge in [-0.2, -0.15) is 0 Å². The van der Waals surface area contributed by atoms with Crippen molar-refractivity contribution in [2.75, 3.05) is 5.32 Å². The summed E-state index contributed by atoms with van der Waals surface area (Å²) in [4.78, 5) is 18.0. The fraction of sp³-hybridized carbons (Fsp3) is 0.375. The molecule has 4 nitrogen and oxygen atoms in total. The highest BCUT2D eigenvalue weighted by Gasteiger charge is 2.29. The predicted octanol–water partition coefficient (Wildman–Crippen LogP) is 3.27. The van der Waals surface area contributed by atoms with Crippen LogP contribution in [0.2, 0.25) is 0 Å². The Morgan fingerprint density at radius 2 is 2.10 bits per heavy atom. The lowest BCUT2D eigenvalue weighted by Crippen LogP contribution is -2.25. The summed E-state index contributed by atoms with van der Waals surface area (Å²) in [5.74, 6) is -0.0702. The predicted molar refractivity (Wildman–Crippen MR) is 85.1 cm³/mol. The maximum Gasteiger partial charge on any atom is 0.223 e. The number of hydrogen-bond donors (Lipinski definition) is 1. The Balaban J connectivity index is 1.65. The molecule has 1 aromatic heterocycles. The van der Waals surface area contributed by atoms with Gasteiger partial charge in [0, 0.05) is 31.4 Å². The summed E-state index contributed by atoms with van der Waals surface area (Å²) in [5.41, 5.74) is 2.37. The topological polar surface area (TPSA) is 45.2 Å². The second kappa shape index (κ2) is 6.37. The summed E-state index contributed by atoms with van der Waals surface area (Å²) >= 11 is 1.49. The zero-order valence-corrected chi connectivity index (χ0v) is 12.9. The molecule has 1 heterocycles. The number of carbonyl (C=O) groups is 1. The van der Waals surface area contributed by atoms with Gasteiger partial charge in [0.1, 0.15) is 0 Å². The lowest BCUT2D eigenvalue weighted by Gasteiger charge is -2.21. The van der Waals surface area contributed by atoms with E-state index in [2.05, 4.69) is 39.5 Å². The number of rotatable bonds is 6. The lowest BCUT2D eigenvalue weighted by molar-refractivity contribution is -0.114. The number of nitrogens with zero attached hydrogens (tertiary/aromatic N) is 2. The third-order valence-electron chi connectivity index (χ3n) is 3.49. The number of anilines is 1. The van der Waals surface area contributed by atoms with Crippen LogP contribution >= 0.6 is 11.3 Å². The quantitative estimate of drug-likeness (QED) is 0.890. The van der Waals surface area contributed by atoms with E-state index < -0.39 is 0 Å². The van der Waals surface area contributed by atoms with Gasteiger partial charge in [-0.15, -0.1) is 11.3 Å². The minimum Gasteiger partial charge on any atom is -0.302 e. The first-order chi connectivity index (χ1) is 10.2. The van der Waals surface area contributed by atoms with Crippen molar-refractivity contribution in [1.29, 1.82) is 0 Å². The molecule has 3 rings (SSSR count). The third kappa shape index (κ3) is 4.12. The molecule has 1 amide bonds. The maximum absolute atomic E-state index is 11.0. The summed E-state index contributed by atoms with van der Waals surface area (Å²) in [6, 6.07) is 11.2. The fourth-order valence-corrected chi connectivity index (χ4v) is 3.11. The number of benzene rings is 1. The summed E-state index contributed by atoms with van der Waals surface area (Å²) in [5, 5.41) is 5.46. The van der Waals surface area contributed by atoms with Crippen LogP contribution in [0.15, 0.2) is 35.7 Å². The average molecular weight is 301 g/mol. The number of hydrogen-bond acceptors (Lipinski definition) is 4.